The van der Waals surface area contributed by atoms with Crippen LogP contribution in [0.1, 0.15) is 6.92 Å². The predicted molar refractivity (Wildman–Crippen MR) is 28.1 cm³/mol. The lowest BCUT2D eigenvalue weighted by Crippen LogP contribution is -1.75. The molecule has 0 aromatic carbocycles. The zero-order valence-corrected chi connectivity index (χ0v) is 4.71. The maximum absolute atomic E-state index is 4.58. The second-order valence-electron chi connectivity index (χ2n) is 0.812. The SMILES string of the molecule is C/C=C(\[S-])OC. The van der Waals surface area contributed by atoms with Gasteiger partial charge in [-0.1, -0.05) is 6.08 Å². The summed E-state index contributed by atoms with van der Waals surface area (Å²) in [6.07, 6.45) is 1.73. The maximum Gasteiger partial charge on any atom is 0.0743 e. The van der Waals surface area contributed by atoms with Gasteiger partial charge in [-0.15, -0.1) is 0 Å². The molecule has 0 aliphatic carbocycles. The lowest BCUT2D eigenvalue weighted by Gasteiger charge is -2.06. The highest BCUT2D eigenvalue weighted by Gasteiger charge is 1.58. The molecule has 0 fully saturated rings. The normalized spacial score (nSPS) is 11.3. The minimum absolute atomic E-state index is 0.551. The summed E-state index contributed by atoms with van der Waals surface area (Å²) >= 11 is 4.58. The highest BCUT2D eigenvalue weighted by Crippen LogP contribution is 1.85. The summed E-state index contributed by atoms with van der Waals surface area (Å²) in [6, 6.07) is 0. The van der Waals surface area contributed by atoms with Gasteiger partial charge in [-0.25, -0.2) is 0 Å². The van der Waals surface area contributed by atoms with Crippen LogP contribution < -0.4 is 0 Å². The summed E-state index contributed by atoms with van der Waals surface area (Å²) in [5, 5.41) is 0.551. The van der Waals surface area contributed by atoms with Crippen molar-refractivity contribution < 1.29 is 4.74 Å². The van der Waals surface area contributed by atoms with E-state index < -0.39 is 0 Å². The Balaban J connectivity index is 3.22. The lowest BCUT2D eigenvalue weighted by molar-refractivity contribution is 0.324. The average molecular weight is 103 g/mol. The maximum atomic E-state index is 4.58. The van der Waals surface area contributed by atoms with Gasteiger partial charge in [0.2, 0.25) is 0 Å². The first-order chi connectivity index (χ1) is 2.81. The number of hydrogen-bond donors (Lipinski definition) is 0. The van der Waals surface area contributed by atoms with Crippen LogP contribution in [-0.4, -0.2) is 7.11 Å². The molecule has 0 unspecified atom stereocenters. The number of rotatable bonds is 1. The molecule has 0 saturated heterocycles. The van der Waals surface area contributed by atoms with Crippen molar-refractivity contribution in [3.8, 4) is 0 Å². The Hall–Kier alpha value is -0.240. The van der Waals surface area contributed by atoms with Gasteiger partial charge in [-0.05, 0) is 12.0 Å². The number of allylic oxidation sites excluding steroid dienone is 1. The standard InChI is InChI=1S/C4H8OS/c1-3-4(6)5-2/h3,6H,1-2H3/p-1/b4-3-. The molecular formula is C4H7OS-. The first-order valence-corrected chi connectivity index (χ1v) is 2.09. The predicted octanol–water partition coefficient (Wildman–Crippen LogP) is 1.04. The molecule has 0 rings (SSSR count). The van der Waals surface area contributed by atoms with Gasteiger partial charge in [0.15, 0.2) is 0 Å². The van der Waals surface area contributed by atoms with E-state index in [2.05, 4.69) is 17.4 Å². The molecular weight excluding hydrogens is 96.1 g/mol. The van der Waals surface area contributed by atoms with Crippen LogP contribution in [-0.2, 0) is 17.4 Å². The average Bonchev–Trinajstić information content (AvgIpc) is 1.65. The number of hydrogen-bond acceptors (Lipinski definition) is 2. The highest BCUT2D eigenvalue weighted by atomic mass is 32.1. The Morgan fingerprint density at radius 3 is 2.33 bits per heavy atom. The van der Waals surface area contributed by atoms with Gasteiger partial charge in [0.05, 0.1) is 7.11 Å². The van der Waals surface area contributed by atoms with Gasteiger partial charge >= 0.3 is 0 Å². The Kier molecular flexibility index (Phi) is 2.85. The quantitative estimate of drug-likeness (QED) is 0.362. The molecule has 6 heavy (non-hydrogen) atoms. The van der Waals surface area contributed by atoms with E-state index in [0.29, 0.717) is 5.09 Å². The Bertz CT molecular complexity index is 58.6. The molecule has 0 spiro atoms. The molecule has 0 heterocycles. The van der Waals surface area contributed by atoms with Crippen molar-refractivity contribution in [1.29, 1.82) is 0 Å². The van der Waals surface area contributed by atoms with Gasteiger partial charge < -0.3 is 17.4 Å². The van der Waals surface area contributed by atoms with Crippen molar-refractivity contribution in [2.24, 2.45) is 0 Å². The van der Waals surface area contributed by atoms with Gasteiger partial charge in [-0.2, -0.15) is 0 Å². The van der Waals surface area contributed by atoms with E-state index in [0.717, 1.165) is 0 Å². The zero-order valence-electron chi connectivity index (χ0n) is 3.89. The lowest BCUT2D eigenvalue weighted by atomic mass is 10.7. The molecule has 0 bridgehead atoms. The van der Waals surface area contributed by atoms with E-state index in [-0.39, 0.29) is 0 Å². The van der Waals surface area contributed by atoms with Crippen LogP contribution >= 0.6 is 0 Å². The highest BCUT2D eigenvalue weighted by molar-refractivity contribution is 7.63. The topological polar surface area (TPSA) is 9.23 Å². The van der Waals surface area contributed by atoms with Crippen molar-refractivity contribution in [1.82, 2.24) is 0 Å². The minimum atomic E-state index is 0.551. The van der Waals surface area contributed by atoms with E-state index >= 15 is 0 Å². The number of ether oxygens (including phenoxy) is 1. The van der Waals surface area contributed by atoms with Gasteiger partial charge in [-0.3, -0.25) is 0 Å². The fraction of sp³-hybridized carbons (Fsp3) is 0.500. The molecule has 2 heteroatoms. The third-order valence-corrected chi connectivity index (χ3v) is 0.839. The van der Waals surface area contributed by atoms with Crippen LogP contribution in [0.5, 0.6) is 0 Å². The molecule has 0 amide bonds. The molecule has 36 valence electrons. The summed E-state index contributed by atoms with van der Waals surface area (Å²) < 4.78 is 4.58. The van der Waals surface area contributed by atoms with Crippen molar-refractivity contribution >= 4 is 12.6 Å². The van der Waals surface area contributed by atoms with Crippen LogP contribution in [0.25, 0.3) is 0 Å². The Morgan fingerprint density at radius 1 is 1.83 bits per heavy atom. The number of methoxy groups -OCH3 is 1. The van der Waals surface area contributed by atoms with Crippen LogP contribution in [0.15, 0.2) is 11.2 Å². The third kappa shape index (κ3) is 2.03. The van der Waals surface area contributed by atoms with Gasteiger partial charge in [0.1, 0.15) is 0 Å². The van der Waals surface area contributed by atoms with Crippen molar-refractivity contribution in [2.75, 3.05) is 7.11 Å². The first kappa shape index (κ1) is 5.76. The molecule has 0 radical (unpaired) electrons. The summed E-state index contributed by atoms with van der Waals surface area (Å²) in [5.41, 5.74) is 0. The fourth-order valence-corrected chi connectivity index (χ4v) is 0.118. The molecule has 1 nitrogen and oxygen atoms in total. The zero-order chi connectivity index (χ0) is 4.99. The van der Waals surface area contributed by atoms with E-state index in [9.17, 15) is 0 Å². The minimum Gasteiger partial charge on any atom is -0.743 e. The Morgan fingerprint density at radius 2 is 2.33 bits per heavy atom. The van der Waals surface area contributed by atoms with Crippen LogP contribution in [0.2, 0.25) is 0 Å². The molecule has 0 N–H and O–H groups in total. The molecule has 0 atom stereocenters. The molecule has 0 aromatic heterocycles. The van der Waals surface area contributed by atoms with Crippen LogP contribution in [0, 0.1) is 0 Å². The summed E-state index contributed by atoms with van der Waals surface area (Å²) in [4.78, 5) is 0. The smallest absolute Gasteiger partial charge is 0.0743 e. The van der Waals surface area contributed by atoms with Crippen LogP contribution in [0.4, 0.5) is 0 Å². The van der Waals surface area contributed by atoms with Gasteiger partial charge in [0, 0.05) is 0 Å². The molecule has 0 saturated carbocycles. The van der Waals surface area contributed by atoms with Crippen molar-refractivity contribution in [2.45, 2.75) is 6.92 Å². The van der Waals surface area contributed by atoms with E-state index in [4.69, 9.17) is 0 Å². The fourth-order valence-electron chi connectivity index (χ4n) is 0.118. The van der Waals surface area contributed by atoms with E-state index in [1.165, 1.54) is 0 Å². The molecule has 0 aliphatic rings. The summed E-state index contributed by atoms with van der Waals surface area (Å²) in [6.45, 7) is 1.84. The Labute approximate surface area is 43.4 Å². The largest absolute Gasteiger partial charge is 0.743 e. The van der Waals surface area contributed by atoms with E-state index in [1.54, 1.807) is 13.2 Å². The van der Waals surface area contributed by atoms with Crippen molar-refractivity contribution in [3.63, 3.8) is 0 Å². The van der Waals surface area contributed by atoms with E-state index in [1.807, 2.05) is 6.92 Å². The first-order valence-electron chi connectivity index (χ1n) is 1.68. The summed E-state index contributed by atoms with van der Waals surface area (Å²) in [5.74, 6) is 0. The van der Waals surface area contributed by atoms with Crippen molar-refractivity contribution in [3.05, 3.63) is 11.2 Å². The van der Waals surface area contributed by atoms with Gasteiger partial charge in [0.25, 0.3) is 0 Å². The second-order valence-corrected chi connectivity index (χ2v) is 1.21. The third-order valence-electron chi connectivity index (χ3n) is 0.437. The summed E-state index contributed by atoms with van der Waals surface area (Å²) in [7, 11) is 1.56. The monoisotopic (exact) mass is 103 g/mol. The molecule has 0 aromatic rings. The van der Waals surface area contributed by atoms with Crippen LogP contribution in [0.3, 0.4) is 0 Å². The molecule has 0 aliphatic heterocycles. The second kappa shape index (κ2) is 2.97.